The molecule has 2 N–H and O–H groups in total. The van der Waals surface area contributed by atoms with Gasteiger partial charge < -0.3 is 15.3 Å². The number of aryl methyl sites for hydroxylation is 1. The minimum absolute atomic E-state index is 0.138. The summed E-state index contributed by atoms with van der Waals surface area (Å²) in [5, 5.41) is 12.7. The van der Waals surface area contributed by atoms with Gasteiger partial charge in [-0.25, -0.2) is 0 Å². The lowest BCUT2D eigenvalue weighted by Gasteiger charge is -2.25. The number of rotatable bonds is 7. The molecule has 0 aromatic heterocycles. The molecule has 0 saturated carbocycles. The van der Waals surface area contributed by atoms with Crippen LogP contribution in [0.25, 0.3) is 0 Å². The average Bonchev–Trinajstić information content (AvgIpc) is 2.89. The first-order chi connectivity index (χ1) is 13.5. The lowest BCUT2D eigenvalue weighted by atomic mass is 9.98. The number of carbonyl (C=O) groups is 1. The summed E-state index contributed by atoms with van der Waals surface area (Å²) in [4.78, 5) is 14.9. The molecule has 28 heavy (non-hydrogen) atoms. The summed E-state index contributed by atoms with van der Waals surface area (Å²) in [6.45, 7) is 0. The molecule has 0 fully saturated rings. The molecule has 0 saturated heterocycles. The van der Waals surface area contributed by atoms with Crippen molar-refractivity contribution in [3.8, 4) is 5.75 Å². The molecule has 1 amide bonds. The van der Waals surface area contributed by atoms with E-state index in [1.807, 2.05) is 12.1 Å². The van der Waals surface area contributed by atoms with E-state index < -0.39 is 0 Å². The fraction of sp³-hybridized carbons (Fsp3) is 0.458. The smallest absolute Gasteiger partial charge is 0.220 e. The number of hydrogen-bond acceptors (Lipinski definition) is 3. The van der Waals surface area contributed by atoms with Crippen molar-refractivity contribution in [3.63, 3.8) is 0 Å². The first kappa shape index (κ1) is 20.4. The van der Waals surface area contributed by atoms with E-state index in [1.165, 1.54) is 23.1 Å². The summed E-state index contributed by atoms with van der Waals surface area (Å²) < 4.78 is 0. The summed E-state index contributed by atoms with van der Waals surface area (Å²) in [6.07, 6.45) is 6.69. The van der Waals surface area contributed by atoms with Crippen LogP contribution in [0.5, 0.6) is 5.75 Å². The second kappa shape index (κ2) is 9.74. The highest BCUT2D eigenvalue weighted by Crippen LogP contribution is 2.28. The van der Waals surface area contributed by atoms with Crippen LogP contribution < -0.4 is 5.32 Å². The van der Waals surface area contributed by atoms with Crippen LogP contribution in [0.3, 0.4) is 0 Å². The van der Waals surface area contributed by atoms with Gasteiger partial charge in [0, 0.05) is 12.5 Å². The van der Waals surface area contributed by atoms with Crippen LogP contribution in [-0.2, 0) is 17.6 Å². The number of amides is 1. The fourth-order valence-corrected chi connectivity index (χ4v) is 4.08. The number of benzene rings is 2. The van der Waals surface area contributed by atoms with Crippen molar-refractivity contribution in [1.29, 1.82) is 0 Å². The van der Waals surface area contributed by atoms with Crippen molar-refractivity contribution in [2.75, 3.05) is 14.1 Å². The maximum Gasteiger partial charge on any atom is 0.220 e. The van der Waals surface area contributed by atoms with Gasteiger partial charge in [-0.05, 0) is 75.0 Å². The zero-order valence-corrected chi connectivity index (χ0v) is 17.0. The maximum atomic E-state index is 12.7. The summed E-state index contributed by atoms with van der Waals surface area (Å²) in [6, 6.07) is 16.3. The van der Waals surface area contributed by atoms with E-state index in [9.17, 15) is 9.90 Å². The summed E-state index contributed by atoms with van der Waals surface area (Å²) in [5.74, 6) is 0.424. The molecular formula is C24H32N2O2. The van der Waals surface area contributed by atoms with Gasteiger partial charge in [0.05, 0.1) is 6.04 Å². The molecule has 4 heteroatoms. The Balaban J connectivity index is 1.57. The lowest BCUT2D eigenvalue weighted by Crippen LogP contribution is -2.33. The molecule has 150 valence electrons. The molecular weight excluding hydrogens is 348 g/mol. The van der Waals surface area contributed by atoms with Crippen molar-refractivity contribution in [2.24, 2.45) is 0 Å². The van der Waals surface area contributed by atoms with Gasteiger partial charge in [-0.3, -0.25) is 4.79 Å². The third kappa shape index (κ3) is 5.59. The Labute approximate surface area is 168 Å². The SMILES string of the molecule is CN(C)[C@H](CCC(=O)N[C@@H]1CCCCc2ccccc21)Cc1ccc(O)cc1. The van der Waals surface area contributed by atoms with Gasteiger partial charge in [0.25, 0.3) is 0 Å². The second-order valence-corrected chi connectivity index (χ2v) is 8.09. The van der Waals surface area contributed by atoms with E-state index in [4.69, 9.17) is 0 Å². The van der Waals surface area contributed by atoms with Crippen LogP contribution in [0.2, 0.25) is 0 Å². The van der Waals surface area contributed by atoms with E-state index in [-0.39, 0.29) is 23.7 Å². The number of likely N-dealkylation sites (N-methyl/N-ethyl adjacent to an activating group) is 1. The van der Waals surface area contributed by atoms with Gasteiger partial charge in [-0.1, -0.05) is 42.8 Å². The van der Waals surface area contributed by atoms with Crippen molar-refractivity contribution in [3.05, 3.63) is 65.2 Å². The zero-order valence-electron chi connectivity index (χ0n) is 17.0. The molecule has 1 aliphatic carbocycles. The van der Waals surface area contributed by atoms with Crippen LogP contribution in [-0.4, -0.2) is 36.1 Å². The Bertz CT molecular complexity index is 770. The average molecular weight is 381 g/mol. The molecule has 0 bridgehead atoms. The van der Waals surface area contributed by atoms with Crippen LogP contribution in [0, 0.1) is 0 Å². The van der Waals surface area contributed by atoms with E-state index in [0.29, 0.717) is 6.42 Å². The minimum atomic E-state index is 0.138. The highest BCUT2D eigenvalue weighted by molar-refractivity contribution is 5.76. The number of aromatic hydroxyl groups is 1. The predicted octanol–water partition coefficient (Wildman–Crippen LogP) is 4.23. The van der Waals surface area contributed by atoms with Gasteiger partial charge in [0.1, 0.15) is 5.75 Å². The lowest BCUT2D eigenvalue weighted by molar-refractivity contribution is -0.122. The molecule has 1 aliphatic rings. The van der Waals surface area contributed by atoms with Crippen LogP contribution >= 0.6 is 0 Å². The van der Waals surface area contributed by atoms with Gasteiger partial charge in [0.2, 0.25) is 5.91 Å². The Hall–Kier alpha value is -2.33. The van der Waals surface area contributed by atoms with Gasteiger partial charge >= 0.3 is 0 Å². The first-order valence-electron chi connectivity index (χ1n) is 10.3. The third-order valence-corrected chi connectivity index (χ3v) is 5.80. The molecule has 0 aliphatic heterocycles. The maximum absolute atomic E-state index is 12.7. The van der Waals surface area contributed by atoms with Crippen LogP contribution in [0.4, 0.5) is 0 Å². The van der Waals surface area contributed by atoms with Crippen LogP contribution in [0.1, 0.15) is 54.8 Å². The Morgan fingerprint density at radius 3 is 2.64 bits per heavy atom. The van der Waals surface area contributed by atoms with Gasteiger partial charge in [0.15, 0.2) is 0 Å². The minimum Gasteiger partial charge on any atom is -0.508 e. The largest absolute Gasteiger partial charge is 0.508 e. The normalized spacial score (nSPS) is 17.6. The highest BCUT2D eigenvalue weighted by Gasteiger charge is 2.21. The number of fused-ring (bicyclic) bond motifs is 1. The van der Waals surface area contributed by atoms with Crippen molar-refractivity contribution in [2.45, 2.75) is 57.0 Å². The molecule has 4 nitrogen and oxygen atoms in total. The number of phenols is 1. The van der Waals surface area contributed by atoms with E-state index in [0.717, 1.165) is 32.1 Å². The van der Waals surface area contributed by atoms with Crippen LogP contribution in [0.15, 0.2) is 48.5 Å². The molecule has 0 unspecified atom stereocenters. The summed E-state index contributed by atoms with van der Waals surface area (Å²) in [7, 11) is 4.12. The molecule has 0 heterocycles. The third-order valence-electron chi connectivity index (χ3n) is 5.80. The molecule has 2 aromatic rings. The topological polar surface area (TPSA) is 52.6 Å². The van der Waals surface area contributed by atoms with Gasteiger partial charge in [-0.2, -0.15) is 0 Å². The predicted molar refractivity (Wildman–Crippen MR) is 113 cm³/mol. The second-order valence-electron chi connectivity index (χ2n) is 8.09. The summed E-state index contributed by atoms with van der Waals surface area (Å²) in [5.41, 5.74) is 3.85. The molecule has 0 spiro atoms. The standard InChI is InChI=1S/C24H32N2O2/c1-26(2)20(17-18-11-14-21(27)15-12-18)13-16-24(28)25-23-10-6-4-8-19-7-3-5-9-22(19)23/h3,5,7,9,11-12,14-15,20,23,27H,4,6,8,10,13,16-17H2,1-2H3,(H,25,28)/t20-,23-/m1/s1. The van der Waals surface area contributed by atoms with Gasteiger partial charge in [-0.15, -0.1) is 0 Å². The quantitative estimate of drug-likeness (QED) is 0.707. The number of carbonyl (C=O) groups excluding carboxylic acids is 1. The number of hydrogen-bond donors (Lipinski definition) is 2. The van der Waals surface area contributed by atoms with Crippen molar-refractivity contribution < 1.29 is 9.90 Å². The van der Waals surface area contributed by atoms with E-state index in [2.05, 4.69) is 48.6 Å². The summed E-state index contributed by atoms with van der Waals surface area (Å²) >= 11 is 0. The van der Waals surface area contributed by atoms with Crippen molar-refractivity contribution in [1.82, 2.24) is 10.2 Å². The number of nitrogens with one attached hydrogen (secondary N) is 1. The Morgan fingerprint density at radius 1 is 1.14 bits per heavy atom. The molecule has 2 aromatic carbocycles. The van der Waals surface area contributed by atoms with Crippen molar-refractivity contribution >= 4 is 5.91 Å². The number of phenolic OH excluding ortho intramolecular Hbond substituents is 1. The highest BCUT2D eigenvalue weighted by atomic mass is 16.3. The Morgan fingerprint density at radius 2 is 1.89 bits per heavy atom. The first-order valence-corrected chi connectivity index (χ1v) is 10.3. The Kier molecular flexibility index (Phi) is 7.10. The fourth-order valence-electron chi connectivity index (χ4n) is 4.08. The molecule has 2 atom stereocenters. The monoisotopic (exact) mass is 380 g/mol. The zero-order chi connectivity index (χ0) is 19.9. The molecule has 3 rings (SSSR count). The van der Waals surface area contributed by atoms with E-state index in [1.54, 1.807) is 12.1 Å². The number of nitrogens with zero attached hydrogens (tertiary/aromatic N) is 1. The molecule has 0 radical (unpaired) electrons. The van der Waals surface area contributed by atoms with E-state index >= 15 is 0 Å².